The summed E-state index contributed by atoms with van der Waals surface area (Å²) in [7, 11) is 0. The van der Waals surface area contributed by atoms with E-state index in [0.29, 0.717) is 5.75 Å². The van der Waals surface area contributed by atoms with Gasteiger partial charge in [0.05, 0.1) is 11.4 Å². The summed E-state index contributed by atoms with van der Waals surface area (Å²) in [4.78, 5) is 11.2. The second kappa shape index (κ2) is 3.38. The van der Waals surface area contributed by atoms with E-state index in [0.717, 1.165) is 17.1 Å². The topological polar surface area (TPSA) is 38.3 Å². The van der Waals surface area contributed by atoms with E-state index in [9.17, 15) is 4.79 Å². The number of hydrogen-bond donors (Lipinski definition) is 1. The van der Waals surface area contributed by atoms with Crippen LogP contribution in [-0.4, -0.2) is 0 Å². The molecule has 1 aliphatic rings. The predicted molar refractivity (Wildman–Crippen MR) is 62.5 cm³/mol. The van der Waals surface area contributed by atoms with E-state index in [-0.39, 0.29) is 5.43 Å². The van der Waals surface area contributed by atoms with E-state index in [4.69, 9.17) is 4.74 Å². The van der Waals surface area contributed by atoms with E-state index in [1.54, 1.807) is 12.1 Å². The quantitative estimate of drug-likeness (QED) is 0.621. The van der Waals surface area contributed by atoms with Gasteiger partial charge in [-0.1, -0.05) is 12.1 Å². The largest absolute Gasteiger partial charge is 0.453 e. The van der Waals surface area contributed by atoms with Gasteiger partial charge in [0.25, 0.3) is 0 Å². The highest BCUT2D eigenvalue weighted by Gasteiger charge is 2.13. The van der Waals surface area contributed by atoms with E-state index < -0.39 is 0 Å². The van der Waals surface area contributed by atoms with Crippen molar-refractivity contribution in [3.05, 3.63) is 58.8 Å². The van der Waals surface area contributed by atoms with Gasteiger partial charge >= 0.3 is 0 Å². The Bertz CT molecular complexity index is 557. The van der Waals surface area contributed by atoms with E-state index in [1.807, 2.05) is 24.3 Å². The maximum absolute atomic E-state index is 11.2. The Morgan fingerprint density at radius 3 is 2.44 bits per heavy atom. The molecule has 0 saturated heterocycles. The monoisotopic (exact) mass is 211 g/mol. The van der Waals surface area contributed by atoms with Crippen LogP contribution in [0.1, 0.15) is 0 Å². The number of para-hydroxylation sites is 2. The maximum atomic E-state index is 11.2. The SMILES string of the molecule is O=c1ccc2c(cc1)Oc1ccccc1N2. The second-order valence-electron chi connectivity index (χ2n) is 3.57. The fourth-order valence-electron chi connectivity index (χ4n) is 1.67. The number of nitrogens with one attached hydrogen (secondary N) is 1. The van der Waals surface area contributed by atoms with Crippen molar-refractivity contribution in [2.75, 3.05) is 5.32 Å². The predicted octanol–water partition coefficient (Wildman–Crippen LogP) is 2.90. The van der Waals surface area contributed by atoms with Crippen molar-refractivity contribution in [2.45, 2.75) is 0 Å². The number of rotatable bonds is 0. The lowest BCUT2D eigenvalue weighted by molar-refractivity contribution is 0.481. The van der Waals surface area contributed by atoms with Crippen molar-refractivity contribution in [2.24, 2.45) is 0 Å². The van der Waals surface area contributed by atoms with Crippen molar-refractivity contribution in [3.63, 3.8) is 0 Å². The molecule has 78 valence electrons. The third kappa shape index (κ3) is 1.42. The Labute approximate surface area is 92.3 Å². The molecule has 2 aromatic carbocycles. The molecule has 0 atom stereocenters. The first-order chi connectivity index (χ1) is 7.83. The van der Waals surface area contributed by atoms with E-state index >= 15 is 0 Å². The average molecular weight is 211 g/mol. The Kier molecular flexibility index (Phi) is 1.90. The highest BCUT2D eigenvalue weighted by molar-refractivity contribution is 5.74. The lowest BCUT2D eigenvalue weighted by Gasteiger charge is -2.19. The molecule has 2 aromatic rings. The van der Waals surface area contributed by atoms with Crippen molar-refractivity contribution in [1.82, 2.24) is 0 Å². The molecule has 0 aliphatic carbocycles. The number of fused-ring (bicyclic) bond motifs is 2. The normalized spacial score (nSPS) is 11.8. The van der Waals surface area contributed by atoms with Crippen LogP contribution in [0.15, 0.2) is 53.3 Å². The third-order valence-electron chi connectivity index (χ3n) is 2.46. The Balaban J connectivity index is 2.16. The third-order valence-corrected chi connectivity index (χ3v) is 2.46. The molecule has 1 aliphatic heterocycles. The standard InChI is InChI=1S/C13H9NO2/c15-9-5-7-11-13(8-6-9)16-12-4-2-1-3-10(12)14-11/h1-8,14H. The molecule has 0 aromatic heterocycles. The van der Waals surface area contributed by atoms with E-state index in [2.05, 4.69) is 5.32 Å². The van der Waals surface area contributed by atoms with Gasteiger partial charge in [-0.25, -0.2) is 0 Å². The first-order valence-electron chi connectivity index (χ1n) is 5.01. The van der Waals surface area contributed by atoms with Gasteiger partial charge in [-0.3, -0.25) is 4.79 Å². The zero-order valence-corrected chi connectivity index (χ0v) is 8.44. The summed E-state index contributed by atoms with van der Waals surface area (Å²) >= 11 is 0. The minimum absolute atomic E-state index is 0.0381. The average Bonchev–Trinajstić information content (AvgIpc) is 2.49. The highest BCUT2D eigenvalue weighted by atomic mass is 16.5. The number of ether oxygens (including phenoxy) is 1. The molecular weight excluding hydrogens is 202 g/mol. The van der Waals surface area contributed by atoms with Gasteiger partial charge in [0.15, 0.2) is 16.9 Å². The van der Waals surface area contributed by atoms with Crippen LogP contribution in [0.4, 0.5) is 11.4 Å². The second-order valence-corrected chi connectivity index (χ2v) is 3.57. The molecule has 3 nitrogen and oxygen atoms in total. The van der Waals surface area contributed by atoms with Crippen LogP contribution in [0.5, 0.6) is 11.5 Å². The van der Waals surface area contributed by atoms with Gasteiger partial charge in [-0.2, -0.15) is 0 Å². The summed E-state index contributed by atoms with van der Waals surface area (Å²) in [5, 5.41) is 3.22. The van der Waals surface area contributed by atoms with Crippen LogP contribution in [-0.2, 0) is 0 Å². The Morgan fingerprint density at radius 2 is 1.50 bits per heavy atom. The molecule has 1 N–H and O–H groups in total. The molecule has 0 radical (unpaired) electrons. The van der Waals surface area contributed by atoms with Gasteiger partial charge in [0, 0.05) is 0 Å². The lowest BCUT2D eigenvalue weighted by atomic mass is 10.2. The van der Waals surface area contributed by atoms with E-state index in [1.165, 1.54) is 12.1 Å². The number of anilines is 2. The molecule has 0 saturated carbocycles. The number of hydrogen-bond acceptors (Lipinski definition) is 3. The summed E-state index contributed by atoms with van der Waals surface area (Å²) in [6, 6.07) is 14.1. The number of benzene rings is 1. The molecular formula is C13H9NO2. The van der Waals surface area contributed by atoms with Gasteiger partial charge in [0.2, 0.25) is 0 Å². The molecule has 3 heteroatoms. The van der Waals surface area contributed by atoms with Crippen molar-refractivity contribution in [1.29, 1.82) is 0 Å². The van der Waals surface area contributed by atoms with Gasteiger partial charge in [0.1, 0.15) is 0 Å². The molecule has 1 heterocycles. The minimum atomic E-state index is -0.0381. The lowest BCUT2D eigenvalue weighted by Crippen LogP contribution is -2.00. The maximum Gasteiger partial charge on any atom is 0.178 e. The molecule has 16 heavy (non-hydrogen) atoms. The molecule has 0 unspecified atom stereocenters. The smallest absolute Gasteiger partial charge is 0.178 e. The molecule has 0 amide bonds. The summed E-state index contributed by atoms with van der Waals surface area (Å²) in [6.45, 7) is 0. The zero-order chi connectivity index (χ0) is 11.0. The molecule has 0 bridgehead atoms. The van der Waals surface area contributed by atoms with Crippen molar-refractivity contribution in [3.8, 4) is 11.5 Å². The fourth-order valence-corrected chi connectivity index (χ4v) is 1.67. The van der Waals surface area contributed by atoms with Gasteiger partial charge < -0.3 is 10.1 Å². The fraction of sp³-hybridized carbons (Fsp3) is 0. The Morgan fingerprint density at radius 1 is 0.812 bits per heavy atom. The molecule has 0 spiro atoms. The van der Waals surface area contributed by atoms with Gasteiger partial charge in [-0.15, -0.1) is 0 Å². The Hall–Kier alpha value is -2.29. The van der Waals surface area contributed by atoms with Crippen LogP contribution in [0, 0.1) is 0 Å². The highest BCUT2D eigenvalue weighted by Crippen LogP contribution is 2.40. The van der Waals surface area contributed by atoms with Crippen LogP contribution >= 0.6 is 0 Å². The summed E-state index contributed by atoms with van der Waals surface area (Å²) in [5.41, 5.74) is 1.68. The molecule has 0 fully saturated rings. The van der Waals surface area contributed by atoms with Crippen LogP contribution < -0.4 is 15.5 Å². The van der Waals surface area contributed by atoms with Crippen LogP contribution in [0.25, 0.3) is 0 Å². The first kappa shape index (κ1) is 8.97. The summed E-state index contributed by atoms with van der Waals surface area (Å²) < 4.78 is 5.69. The minimum Gasteiger partial charge on any atom is -0.453 e. The van der Waals surface area contributed by atoms with Crippen LogP contribution in [0.3, 0.4) is 0 Å². The van der Waals surface area contributed by atoms with Crippen molar-refractivity contribution >= 4 is 11.4 Å². The molecule has 3 rings (SSSR count). The van der Waals surface area contributed by atoms with Crippen LogP contribution in [0.2, 0.25) is 0 Å². The van der Waals surface area contributed by atoms with Crippen molar-refractivity contribution < 1.29 is 4.74 Å². The van der Waals surface area contributed by atoms with Gasteiger partial charge in [-0.05, 0) is 36.4 Å². The summed E-state index contributed by atoms with van der Waals surface area (Å²) in [5.74, 6) is 1.44. The summed E-state index contributed by atoms with van der Waals surface area (Å²) in [6.07, 6.45) is 0. The zero-order valence-electron chi connectivity index (χ0n) is 8.44. The first-order valence-corrected chi connectivity index (χ1v) is 5.01.